The van der Waals surface area contributed by atoms with Gasteiger partial charge in [-0.05, 0) is 42.3 Å². The summed E-state index contributed by atoms with van der Waals surface area (Å²) in [5, 5.41) is 4.27. The van der Waals surface area contributed by atoms with E-state index >= 15 is 0 Å². The zero-order valence-corrected chi connectivity index (χ0v) is 17.1. The molecular weight excluding hydrogens is 384 g/mol. The van der Waals surface area contributed by atoms with Crippen LogP contribution in [-0.4, -0.2) is 20.7 Å². The van der Waals surface area contributed by atoms with Crippen molar-refractivity contribution in [3.8, 4) is 5.75 Å². The maximum atomic E-state index is 12.7. The third kappa shape index (κ3) is 6.19. The molecule has 0 spiro atoms. The molecule has 0 saturated heterocycles. The van der Waals surface area contributed by atoms with Gasteiger partial charge in [-0.15, -0.1) is 0 Å². The van der Waals surface area contributed by atoms with Crippen LogP contribution in [0.5, 0.6) is 5.75 Å². The van der Waals surface area contributed by atoms with E-state index in [-0.39, 0.29) is 4.90 Å². The maximum absolute atomic E-state index is 12.7. The zero-order valence-electron chi connectivity index (χ0n) is 16.3. The first-order valence-corrected chi connectivity index (χ1v) is 10.9. The molecule has 0 bridgehead atoms. The Labute approximate surface area is 172 Å². The first-order chi connectivity index (χ1) is 14.1. The highest BCUT2D eigenvalue weighted by atomic mass is 32.2. The predicted molar refractivity (Wildman–Crippen MR) is 116 cm³/mol. The van der Waals surface area contributed by atoms with E-state index in [0.717, 1.165) is 16.8 Å². The van der Waals surface area contributed by atoms with E-state index in [0.29, 0.717) is 25.2 Å². The van der Waals surface area contributed by atoms with Crippen LogP contribution in [0.4, 0.5) is 0 Å². The number of hydrazone groups is 1. The molecule has 5 nitrogen and oxygen atoms in total. The lowest BCUT2D eigenvalue weighted by atomic mass is 10.0. The molecule has 3 aromatic rings. The summed E-state index contributed by atoms with van der Waals surface area (Å²) in [6.07, 6.45) is 1.11. The van der Waals surface area contributed by atoms with Crippen LogP contribution in [0.1, 0.15) is 18.1 Å². The molecule has 0 aliphatic rings. The summed E-state index contributed by atoms with van der Waals surface area (Å²) >= 11 is 0. The number of nitrogens with zero attached hydrogens (tertiary/aromatic N) is 1. The van der Waals surface area contributed by atoms with Crippen molar-refractivity contribution >= 4 is 15.7 Å². The molecule has 0 heterocycles. The number of benzene rings is 3. The van der Waals surface area contributed by atoms with Crippen LogP contribution in [0.2, 0.25) is 0 Å². The second-order valence-electron chi connectivity index (χ2n) is 6.50. The molecule has 0 fully saturated rings. The van der Waals surface area contributed by atoms with Crippen LogP contribution in [-0.2, 0) is 22.9 Å². The van der Waals surface area contributed by atoms with Gasteiger partial charge in [-0.25, -0.2) is 4.83 Å². The average molecular weight is 409 g/mol. The maximum Gasteiger partial charge on any atom is 0.276 e. The van der Waals surface area contributed by atoms with E-state index in [4.69, 9.17) is 4.74 Å². The van der Waals surface area contributed by atoms with Crippen LogP contribution in [0, 0.1) is 0 Å². The monoisotopic (exact) mass is 408 g/mol. The molecule has 0 atom stereocenters. The standard InChI is InChI=1S/C23H24N2O3S/c1-2-28-22-13-15-23(16-14-22)29(26,27)25-24-21(17-19-9-5-3-6-10-19)18-20-11-7-4-8-12-20/h3-16,25H,2,17-18H2,1H3. The SMILES string of the molecule is CCOc1ccc(S(=O)(=O)NN=C(Cc2ccccc2)Cc2ccccc2)cc1. The second kappa shape index (κ2) is 9.89. The number of sulfonamides is 1. The van der Waals surface area contributed by atoms with Crippen LogP contribution in [0.3, 0.4) is 0 Å². The summed E-state index contributed by atoms with van der Waals surface area (Å²) in [7, 11) is -3.76. The van der Waals surface area contributed by atoms with Crippen LogP contribution >= 0.6 is 0 Å². The first kappa shape index (κ1) is 20.6. The Morgan fingerprint density at radius 2 is 1.34 bits per heavy atom. The minimum atomic E-state index is -3.76. The number of hydrogen-bond acceptors (Lipinski definition) is 4. The minimum Gasteiger partial charge on any atom is -0.494 e. The van der Waals surface area contributed by atoms with Gasteiger partial charge in [0.25, 0.3) is 10.0 Å². The zero-order chi connectivity index (χ0) is 20.5. The molecule has 0 aliphatic carbocycles. The van der Waals surface area contributed by atoms with E-state index in [1.54, 1.807) is 12.1 Å². The summed E-state index contributed by atoms with van der Waals surface area (Å²) in [6.45, 7) is 2.40. The summed E-state index contributed by atoms with van der Waals surface area (Å²) in [6, 6.07) is 26.0. The number of rotatable bonds is 9. The highest BCUT2D eigenvalue weighted by Crippen LogP contribution is 2.16. The van der Waals surface area contributed by atoms with Gasteiger partial charge in [0.15, 0.2) is 0 Å². The fourth-order valence-corrected chi connectivity index (χ4v) is 3.71. The average Bonchev–Trinajstić information content (AvgIpc) is 2.74. The Bertz CT molecular complexity index is 989. The molecule has 0 unspecified atom stereocenters. The van der Waals surface area contributed by atoms with E-state index in [9.17, 15) is 8.42 Å². The molecule has 3 rings (SSSR count). The van der Waals surface area contributed by atoms with Crippen LogP contribution < -0.4 is 9.57 Å². The molecule has 150 valence electrons. The van der Waals surface area contributed by atoms with E-state index in [2.05, 4.69) is 9.93 Å². The van der Waals surface area contributed by atoms with Crippen LogP contribution in [0.15, 0.2) is 94.9 Å². The second-order valence-corrected chi connectivity index (χ2v) is 8.16. The van der Waals surface area contributed by atoms with E-state index in [1.807, 2.05) is 67.6 Å². The summed E-state index contributed by atoms with van der Waals surface area (Å²) in [5.41, 5.74) is 2.88. The van der Waals surface area contributed by atoms with Crippen molar-refractivity contribution in [2.24, 2.45) is 5.10 Å². The Morgan fingerprint density at radius 3 is 1.83 bits per heavy atom. The topological polar surface area (TPSA) is 67.8 Å². The number of ether oxygens (including phenoxy) is 1. The van der Waals surface area contributed by atoms with Crippen molar-refractivity contribution in [2.75, 3.05) is 6.61 Å². The molecule has 0 aliphatic heterocycles. The minimum absolute atomic E-state index is 0.142. The van der Waals surface area contributed by atoms with Gasteiger partial charge >= 0.3 is 0 Å². The number of hydrogen-bond donors (Lipinski definition) is 1. The summed E-state index contributed by atoms with van der Waals surface area (Å²) < 4.78 is 30.7. The Hall–Kier alpha value is -3.12. The Balaban J connectivity index is 1.80. The normalized spacial score (nSPS) is 10.9. The molecule has 0 saturated carbocycles. The van der Waals surface area contributed by atoms with Crippen molar-refractivity contribution in [2.45, 2.75) is 24.7 Å². The van der Waals surface area contributed by atoms with Gasteiger partial charge in [-0.2, -0.15) is 13.5 Å². The molecule has 0 radical (unpaired) electrons. The third-order valence-corrected chi connectivity index (χ3v) is 5.50. The van der Waals surface area contributed by atoms with Crippen molar-refractivity contribution in [3.63, 3.8) is 0 Å². The lowest BCUT2D eigenvalue weighted by Gasteiger charge is -2.10. The summed E-state index contributed by atoms with van der Waals surface area (Å²) in [5.74, 6) is 0.629. The van der Waals surface area contributed by atoms with Gasteiger partial charge in [0.1, 0.15) is 5.75 Å². The van der Waals surface area contributed by atoms with Crippen molar-refractivity contribution in [1.82, 2.24) is 4.83 Å². The van der Waals surface area contributed by atoms with E-state index < -0.39 is 10.0 Å². The highest BCUT2D eigenvalue weighted by molar-refractivity contribution is 7.89. The van der Waals surface area contributed by atoms with Gasteiger partial charge in [-0.1, -0.05) is 60.7 Å². The smallest absolute Gasteiger partial charge is 0.276 e. The van der Waals surface area contributed by atoms with Crippen molar-refractivity contribution in [1.29, 1.82) is 0 Å². The molecule has 0 aromatic heterocycles. The Kier molecular flexibility index (Phi) is 7.03. The summed E-state index contributed by atoms with van der Waals surface area (Å²) in [4.78, 5) is 2.53. The largest absolute Gasteiger partial charge is 0.494 e. The van der Waals surface area contributed by atoms with Crippen molar-refractivity contribution in [3.05, 3.63) is 96.1 Å². The molecule has 6 heteroatoms. The Morgan fingerprint density at radius 1 is 0.828 bits per heavy atom. The molecule has 0 amide bonds. The van der Waals surface area contributed by atoms with Crippen molar-refractivity contribution < 1.29 is 13.2 Å². The molecule has 3 aromatic carbocycles. The predicted octanol–water partition coefficient (Wildman–Crippen LogP) is 4.21. The van der Waals surface area contributed by atoms with Gasteiger partial charge < -0.3 is 4.74 Å². The lowest BCUT2D eigenvalue weighted by molar-refractivity contribution is 0.340. The van der Waals surface area contributed by atoms with Gasteiger partial charge in [0, 0.05) is 18.6 Å². The van der Waals surface area contributed by atoms with Gasteiger partial charge in [-0.3, -0.25) is 0 Å². The lowest BCUT2D eigenvalue weighted by Crippen LogP contribution is -2.22. The fraction of sp³-hybridized carbons (Fsp3) is 0.174. The number of nitrogens with one attached hydrogen (secondary N) is 1. The first-order valence-electron chi connectivity index (χ1n) is 9.45. The molecule has 1 N–H and O–H groups in total. The van der Waals surface area contributed by atoms with Gasteiger partial charge in [0.2, 0.25) is 0 Å². The van der Waals surface area contributed by atoms with E-state index in [1.165, 1.54) is 12.1 Å². The quantitative estimate of drug-likeness (QED) is 0.426. The molecule has 29 heavy (non-hydrogen) atoms. The van der Waals surface area contributed by atoms with Crippen LogP contribution in [0.25, 0.3) is 0 Å². The van der Waals surface area contributed by atoms with Gasteiger partial charge in [0.05, 0.1) is 11.5 Å². The third-order valence-electron chi connectivity index (χ3n) is 4.27. The molecular formula is C23H24N2O3S. The highest BCUT2D eigenvalue weighted by Gasteiger charge is 2.14. The fourth-order valence-electron chi connectivity index (χ4n) is 2.86.